The maximum atomic E-state index is 14.7. The van der Waals surface area contributed by atoms with Gasteiger partial charge in [-0.1, -0.05) is 43.9 Å². The third kappa shape index (κ3) is 5.03. The molecule has 0 saturated carbocycles. The van der Waals surface area contributed by atoms with Crippen LogP contribution in [0.1, 0.15) is 31.3 Å². The lowest BCUT2D eigenvalue weighted by molar-refractivity contribution is 0.262. The number of urea groups is 1. The molecule has 9 nitrogen and oxygen atoms in total. The highest BCUT2D eigenvalue weighted by Crippen LogP contribution is 2.30. The molecule has 0 atom stereocenters. The Balaban J connectivity index is 1.67. The molecule has 4 aromatic rings. The number of amides is 2. The number of anilines is 2. The highest BCUT2D eigenvalue weighted by molar-refractivity contribution is 7.98. The van der Waals surface area contributed by atoms with E-state index in [1.54, 1.807) is 26.2 Å². The second-order valence-corrected chi connectivity index (χ2v) is 10.7. The van der Waals surface area contributed by atoms with Gasteiger partial charge in [0.25, 0.3) is 5.56 Å². The van der Waals surface area contributed by atoms with E-state index in [-0.39, 0.29) is 16.7 Å². The minimum Gasteiger partial charge on any atom is -0.305 e. The quantitative estimate of drug-likeness (QED) is 0.293. The molecule has 182 valence electrons. The predicted molar refractivity (Wildman–Crippen MR) is 138 cm³/mol. The zero-order valence-corrected chi connectivity index (χ0v) is 21.7. The fourth-order valence-corrected chi connectivity index (χ4v) is 4.54. The molecule has 0 saturated heterocycles. The van der Waals surface area contributed by atoms with Crippen molar-refractivity contribution in [1.29, 1.82) is 0 Å². The van der Waals surface area contributed by atoms with E-state index in [1.165, 1.54) is 39.8 Å². The van der Waals surface area contributed by atoms with Crippen LogP contribution in [0.25, 0.3) is 22.2 Å². The molecule has 3 heterocycles. The van der Waals surface area contributed by atoms with Gasteiger partial charge >= 0.3 is 6.03 Å². The summed E-state index contributed by atoms with van der Waals surface area (Å²) < 4.78 is 16.2. The number of hydrogen-bond acceptors (Lipinski definition) is 8. The number of nitrogens with one attached hydrogen (secondary N) is 2. The number of carbonyl (C=O) groups excluding carboxylic acids is 1. The topological polar surface area (TPSA) is 115 Å². The molecule has 3 aromatic heterocycles. The van der Waals surface area contributed by atoms with E-state index < -0.39 is 11.8 Å². The first-order valence-corrected chi connectivity index (χ1v) is 12.7. The number of pyridine rings is 1. The molecule has 0 aliphatic heterocycles. The average Bonchev–Trinajstić information content (AvgIpc) is 3.27. The van der Waals surface area contributed by atoms with Gasteiger partial charge in [-0.05, 0) is 42.5 Å². The summed E-state index contributed by atoms with van der Waals surface area (Å²) in [6, 6.07) is 3.75. The van der Waals surface area contributed by atoms with Gasteiger partial charge in [-0.2, -0.15) is 0 Å². The number of hydrogen-bond donors (Lipinski definition) is 2. The van der Waals surface area contributed by atoms with Crippen LogP contribution in [0.3, 0.4) is 0 Å². The fourth-order valence-electron chi connectivity index (χ4n) is 3.41. The number of aryl methyl sites for hydroxylation is 2. The molecule has 35 heavy (non-hydrogen) atoms. The Kier molecular flexibility index (Phi) is 6.60. The van der Waals surface area contributed by atoms with Crippen molar-refractivity contribution >= 4 is 51.0 Å². The normalized spacial score (nSPS) is 11.6. The summed E-state index contributed by atoms with van der Waals surface area (Å²) in [6.07, 6.45) is 3.51. The van der Waals surface area contributed by atoms with E-state index in [1.807, 2.05) is 27.0 Å². The van der Waals surface area contributed by atoms with Gasteiger partial charge in [-0.15, -0.1) is 10.2 Å². The Morgan fingerprint density at radius 2 is 1.89 bits per heavy atom. The lowest BCUT2D eigenvalue weighted by atomic mass is 9.98. The predicted octanol–water partition coefficient (Wildman–Crippen LogP) is 4.96. The number of benzene rings is 1. The van der Waals surface area contributed by atoms with Gasteiger partial charge in [0.2, 0.25) is 5.13 Å². The average molecular weight is 514 g/mol. The largest absolute Gasteiger partial charge is 0.325 e. The molecule has 0 radical (unpaired) electrons. The molecular formula is C23H24FN7O2S2. The summed E-state index contributed by atoms with van der Waals surface area (Å²) in [4.78, 5) is 34.4. The Hall–Kier alpha value is -3.38. The molecule has 0 spiro atoms. The molecule has 0 aliphatic carbocycles. The van der Waals surface area contributed by atoms with Crippen molar-refractivity contribution in [3.8, 4) is 11.1 Å². The second-order valence-electron chi connectivity index (χ2n) is 8.95. The molecule has 1 aromatic carbocycles. The summed E-state index contributed by atoms with van der Waals surface area (Å²) in [5.41, 5.74) is 1.31. The highest BCUT2D eigenvalue weighted by atomic mass is 32.2. The summed E-state index contributed by atoms with van der Waals surface area (Å²) in [5, 5.41) is 15.4. The summed E-state index contributed by atoms with van der Waals surface area (Å²) >= 11 is 2.63. The minimum absolute atomic E-state index is 0.0696. The van der Waals surface area contributed by atoms with Crippen molar-refractivity contribution in [2.45, 2.75) is 38.3 Å². The fraction of sp³-hybridized carbons (Fsp3) is 0.304. The molecule has 0 unspecified atom stereocenters. The zero-order chi connectivity index (χ0) is 25.5. The molecular weight excluding hydrogens is 489 g/mol. The lowest BCUT2D eigenvalue weighted by Gasteiger charge is -2.14. The molecule has 0 fully saturated rings. The molecule has 2 N–H and O–H groups in total. The Labute approximate surface area is 209 Å². The van der Waals surface area contributed by atoms with Gasteiger partial charge in [0.05, 0.1) is 5.69 Å². The number of halogens is 1. The van der Waals surface area contributed by atoms with Crippen LogP contribution in [0, 0.1) is 12.7 Å². The van der Waals surface area contributed by atoms with Crippen LogP contribution in [0.5, 0.6) is 0 Å². The SMILES string of the molecule is CSc1ncc2cc(-c3cc(NC(=O)Nc4nnc(C(C)(C)C)s4)c(F)cc3C)c(=O)n(C)c2n1. The van der Waals surface area contributed by atoms with Crippen LogP contribution in [0.2, 0.25) is 0 Å². The van der Waals surface area contributed by atoms with Crippen molar-refractivity contribution in [2.75, 3.05) is 16.9 Å². The number of carbonyl (C=O) groups is 1. The van der Waals surface area contributed by atoms with E-state index in [4.69, 9.17) is 0 Å². The Morgan fingerprint density at radius 3 is 2.54 bits per heavy atom. The highest BCUT2D eigenvalue weighted by Gasteiger charge is 2.21. The van der Waals surface area contributed by atoms with Gasteiger partial charge in [-0.25, -0.2) is 19.2 Å². The first-order chi connectivity index (χ1) is 16.5. The first kappa shape index (κ1) is 24.7. The van der Waals surface area contributed by atoms with Crippen molar-refractivity contribution in [3.05, 3.63) is 51.1 Å². The Morgan fingerprint density at radius 1 is 1.14 bits per heavy atom. The van der Waals surface area contributed by atoms with Gasteiger partial charge in [0, 0.05) is 29.6 Å². The number of thioether (sulfide) groups is 1. The molecule has 12 heteroatoms. The van der Waals surface area contributed by atoms with Crippen molar-refractivity contribution < 1.29 is 9.18 Å². The number of rotatable bonds is 4. The van der Waals surface area contributed by atoms with Gasteiger partial charge in [0.15, 0.2) is 5.16 Å². The number of aromatic nitrogens is 5. The van der Waals surface area contributed by atoms with Crippen molar-refractivity contribution in [2.24, 2.45) is 7.05 Å². The monoisotopic (exact) mass is 513 g/mol. The molecule has 4 rings (SSSR count). The standard InChI is InChI=1S/C23H24FN7O2S2/c1-11-7-15(24)16(26-20(33)28-22-30-29-19(35-22)23(2,3)4)9-13(11)14-8-12-10-25-21(34-6)27-17(12)31(5)18(14)32/h7-10H,1-6H3,(H2,26,28,30,33). The smallest absolute Gasteiger partial charge is 0.305 e. The maximum Gasteiger partial charge on any atom is 0.325 e. The van der Waals surface area contributed by atoms with Crippen molar-refractivity contribution in [3.63, 3.8) is 0 Å². The minimum atomic E-state index is -0.667. The molecule has 0 aliphatic rings. The first-order valence-electron chi connectivity index (χ1n) is 10.6. The number of fused-ring (bicyclic) bond motifs is 1. The molecule has 0 bridgehead atoms. The third-order valence-electron chi connectivity index (χ3n) is 5.25. The lowest BCUT2D eigenvalue weighted by Crippen LogP contribution is -2.21. The van der Waals surface area contributed by atoms with Gasteiger partial charge in [0.1, 0.15) is 16.5 Å². The van der Waals surface area contributed by atoms with E-state index >= 15 is 0 Å². The van der Waals surface area contributed by atoms with Crippen LogP contribution >= 0.6 is 23.1 Å². The summed E-state index contributed by atoms with van der Waals surface area (Å²) in [7, 11) is 1.63. The molecule has 2 amide bonds. The zero-order valence-electron chi connectivity index (χ0n) is 20.1. The van der Waals surface area contributed by atoms with Crippen LogP contribution < -0.4 is 16.2 Å². The van der Waals surface area contributed by atoms with Gasteiger partial charge < -0.3 is 5.32 Å². The maximum absolute atomic E-state index is 14.7. The second kappa shape index (κ2) is 9.34. The third-order valence-corrected chi connectivity index (χ3v) is 7.07. The number of nitrogens with zero attached hydrogens (tertiary/aromatic N) is 5. The van der Waals surface area contributed by atoms with E-state index in [2.05, 4.69) is 30.8 Å². The van der Waals surface area contributed by atoms with Crippen LogP contribution in [0.4, 0.5) is 20.0 Å². The van der Waals surface area contributed by atoms with Crippen LogP contribution in [-0.2, 0) is 12.5 Å². The van der Waals surface area contributed by atoms with Crippen LogP contribution in [0.15, 0.2) is 34.3 Å². The van der Waals surface area contributed by atoms with E-state index in [9.17, 15) is 14.0 Å². The van der Waals surface area contributed by atoms with Crippen molar-refractivity contribution in [1.82, 2.24) is 24.7 Å². The summed E-state index contributed by atoms with van der Waals surface area (Å²) in [6.45, 7) is 7.68. The van der Waals surface area contributed by atoms with E-state index in [0.29, 0.717) is 38.0 Å². The van der Waals surface area contributed by atoms with Gasteiger partial charge in [-0.3, -0.25) is 14.7 Å². The van der Waals surface area contributed by atoms with Crippen LogP contribution in [-0.4, -0.2) is 37.0 Å². The Bertz CT molecular complexity index is 1510. The summed E-state index contributed by atoms with van der Waals surface area (Å²) in [5.74, 6) is -0.625. The van der Waals surface area contributed by atoms with E-state index in [0.717, 1.165) is 5.01 Å².